The van der Waals surface area contributed by atoms with E-state index in [4.69, 9.17) is 16.7 Å². The number of halogens is 3. The molecule has 0 amide bonds. The number of hydrogen-bond acceptors (Lipinski definition) is 2. The van der Waals surface area contributed by atoms with Crippen molar-refractivity contribution in [2.45, 2.75) is 0 Å². The molecule has 1 aromatic carbocycles. The lowest BCUT2D eigenvalue weighted by Crippen LogP contribution is -1.91. The van der Waals surface area contributed by atoms with Gasteiger partial charge < -0.3 is 5.11 Å². The first-order valence-electron chi connectivity index (χ1n) is 3.70. The van der Waals surface area contributed by atoms with Crippen molar-refractivity contribution in [3.8, 4) is 0 Å². The summed E-state index contributed by atoms with van der Waals surface area (Å²) < 4.78 is 1.79. The minimum absolute atomic E-state index is 0. The molecule has 0 radical (unpaired) electrons. The second kappa shape index (κ2) is 4.70. The monoisotopic (exact) mass is 326 g/mol. The molecule has 0 aliphatic rings. The Morgan fingerprint density at radius 1 is 1.47 bits per heavy atom. The van der Waals surface area contributed by atoms with Crippen LogP contribution in [0.2, 0.25) is 5.02 Å². The van der Waals surface area contributed by atoms with E-state index in [-0.39, 0.29) is 17.3 Å². The third kappa shape index (κ3) is 2.28. The van der Waals surface area contributed by atoms with Crippen molar-refractivity contribution in [1.82, 2.24) is 0 Å². The van der Waals surface area contributed by atoms with E-state index in [9.17, 15) is 4.79 Å². The molecule has 0 spiro atoms. The molecule has 6 heteroatoms. The molecule has 0 aliphatic carbocycles. The standard InChI is InChI=1S/C9H4BrClO2S.ClH/c10-4-1-2-5-6(3-4)14-8(7(5)11)9(12)13;/h1-3H,(H,12,13);1H. The zero-order valence-corrected chi connectivity index (χ0v) is 11.1. The van der Waals surface area contributed by atoms with Crippen molar-refractivity contribution in [1.29, 1.82) is 0 Å². The summed E-state index contributed by atoms with van der Waals surface area (Å²) >= 11 is 10.4. The lowest BCUT2D eigenvalue weighted by Gasteiger charge is -1.90. The molecular weight excluding hydrogens is 323 g/mol. The van der Waals surface area contributed by atoms with Crippen LogP contribution in [0.4, 0.5) is 0 Å². The van der Waals surface area contributed by atoms with Crippen LogP contribution in [0.1, 0.15) is 9.67 Å². The van der Waals surface area contributed by atoms with Gasteiger partial charge in [-0.25, -0.2) is 4.79 Å². The lowest BCUT2D eigenvalue weighted by atomic mass is 10.2. The van der Waals surface area contributed by atoms with Gasteiger partial charge in [-0.3, -0.25) is 0 Å². The summed E-state index contributed by atoms with van der Waals surface area (Å²) in [5.74, 6) is -0.979. The highest BCUT2D eigenvalue weighted by atomic mass is 79.9. The fourth-order valence-electron chi connectivity index (χ4n) is 1.18. The van der Waals surface area contributed by atoms with Crippen LogP contribution in [0, 0.1) is 0 Å². The van der Waals surface area contributed by atoms with Crippen LogP contribution in [-0.2, 0) is 0 Å². The van der Waals surface area contributed by atoms with E-state index in [1.807, 2.05) is 18.2 Å². The van der Waals surface area contributed by atoms with Crippen LogP contribution in [0.25, 0.3) is 10.1 Å². The second-order valence-electron chi connectivity index (χ2n) is 2.69. The fourth-order valence-corrected chi connectivity index (χ4v) is 3.08. The summed E-state index contributed by atoms with van der Waals surface area (Å²) in [5, 5.41) is 9.96. The molecule has 0 aliphatic heterocycles. The zero-order chi connectivity index (χ0) is 10.3. The van der Waals surface area contributed by atoms with Gasteiger partial charge in [-0.2, -0.15) is 0 Å². The molecule has 15 heavy (non-hydrogen) atoms. The fraction of sp³-hybridized carbons (Fsp3) is 0. The molecule has 0 saturated carbocycles. The lowest BCUT2D eigenvalue weighted by molar-refractivity contribution is 0.0702. The number of carbonyl (C=O) groups is 1. The Labute approximate surface area is 109 Å². The van der Waals surface area contributed by atoms with Gasteiger partial charge in [-0.1, -0.05) is 33.6 Å². The Kier molecular flexibility index (Phi) is 4.00. The van der Waals surface area contributed by atoms with Gasteiger partial charge in [0.05, 0.1) is 5.02 Å². The first kappa shape index (κ1) is 12.8. The van der Waals surface area contributed by atoms with Gasteiger partial charge in [0.25, 0.3) is 0 Å². The van der Waals surface area contributed by atoms with E-state index < -0.39 is 5.97 Å². The summed E-state index contributed by atoms with van der Waals surface area (Å²) in [5.41, 5.74) is 0. The maximum atomic E-state index is 10.8. The van der Waals surface area contributed by atoms with Crippen molar-refractivity contribution >= 4 is 67.3 Å². The van der Waals surface area contributed by atoms with Crippen LogP contribution in [-0.4, -0.2) is 11.1 Å². The number of thiophene rings is 1. The predicted molar refractivity (Wildman–Crippen MR) is 68.7 cm³/mol. The van der Waals surface area contributed by atoms with Gasteiger partial charge in [0.1, 0.15) is 4.88 Å². The first-order valence-corrected chi connectivity index (χ1v) is 5.69. The third-order valence-electron chi connectivity index (χ3n) is 1.79. The Balaban J connectivity index is 0.00000112. The van der Waals surface area contributed by atoms with Gasteiger partial charge in [0, 0.05) is 14.6 Å². The molecule has 0 unspecified atom stereocenters. The molecule has 0 atom stereocenters. The molecule has 1 aromatic heterocycles. The van der Waals surface area contributed by atoms with Crippen molar-refractivity contribution < 1.29 is 9.90 Å². The first-order chi connectivity index (χ1) is 6.59. The summed E-state index contributed by atoms with van der Waals surface area (Å²) in [4.78, 5) is 11.0. The minimum atomic E-state index is -0.979. The largest absolute Gasteiger partial charge is 0.477 e. The van der Waals surface area contributed by atoms with E-state index in [0.29, 0.717) is 5.02 Å². The molecule has 1 heterocycles. The summed E-state index contributed by atoms with van der Waals surface area (Å²) in [6.45, 7) is 0. The molecule has 0 saturated heterocycles. The van der Waals surface area contributed by atoms with Crippen molar-refractivity contribution in [3.63, 3.8) is 0 Å². The van der Waals surface area contributed by atoms with Crippen LogP contribution in [0.15, 0.2) is 22.7 Å². The van der Waals surface area contributed by atoms with Gasteiger partial charge in [-0.05, 0) is 12.1 Å². The smallest absolute Gasteiger partial charge is 0.347 e. The Morgan fingerprint density at radius 2 is 2.13 bits per heavy atom. The quantitative estimate of drug-likeness (QED) is 0.840. The van der Waals surface area contributed by atoms with E-state index in [0.717, 1.165) is 14.6 Å². The zero-order valence-electron chi connectivity index (χ0n) is 7.16. The van der Waals surface area contributed by atoms with Crippen LogP contribution >= 0.6 is 51.3 Å². The predicted octanol–water partition coefficient (Wildman–Crippen LogP) is 4.44. The molecule has 2 aromatic rings. The molecule has 0 bridgehead atoms. The second-order valence-corrected chi connectivity index (χ2v) is 5.04. The average Bonchev–Trinajstić information content (AvgIpc) is 2.43. The number of hydrogen-bond donors (Lipinski definition) is 1. The topological polar surface area (TPSA) is 37.3 Å². The van der Waals surface area contributed by atoms with Crippen LogP contribution < -0.4 is 0 Å². The molecular formula is C9H5BrCl2O2S. The van der Waals surface area contributed by atoms with Gasteiger partial charge in [0.2, 0.25) is 0 Å². The maximum absolute atomic E-state index is 10.8. The van der Waals surface area contributed by atoms with Gasteiger partial charge in [0.15, 0.2) is 0 Å². The van der Waals surface area contributed by atoms with E-state index in [2.05, 4.69) is 15.9 Å². The maximum Gasteiger partial charge on any atom is 0.347 e. The van der Waals surface area contributed by atoms with Crippen LogP contribution in [0.5, 0.6) is 0 Å². The number of benzene rings is 1. The summed E-state index contributed by atoms with van der Waals surface area (Å²) in [6.07, 6.45) is 0. The molecule has 0 fully saturated rings. The summed E-state index contributed by atoms with van der Waals surface area (Å²) in [6, 6.07) is 5.51. The van der Waals surface area contributed by atoms with Gasteiger partial charge >= 0.3 is 5.97 Å². The Hall–Kier alpha value is -0.290. The van der Waals surface area contributed by atoms with E-state index in [1.54, 1.807) is 0 Å². The summed E-state index contributed by atoms with van der Waals surface area (Å²) in [7, 11) is 0. The highest BCUT2D eigenvalue weighted by Crippen LogP contribution is 2.36. The van der Waals surface area contributed by atoms with Crippen molar-refractivity contribution in [2.75, 3.05) is 0 Å². The number of carboxylic acid groups (broad SMARTS) is 1. The SMILES string of the molecule is Cl.O=C(O)c1sc2cc(Br)ccc2c1Cl. The highest BCUT2D eigenvalue weighted by molar-refractivity contribution is 9.10. The molecule has 80 valence electrons. The van der Waals surface area contributed by atoms with Crippen molar-refractivity contribution in [2.24, 2.45) is 0 Å². The average molecular weight is 328 g/mol. The van der Waals surface area contributed by atoms with E-state index >= 15 is 0 Å². The normalized spacial score (nSPS) is 10.0. The minimum Gasteiger partial charge on any atom is -0.477 e. The molecule has 2 rings (SSSR count). The number of carboxylic acids is 1. The highest BCUT2D eigenvalue weighted by Gasteiger charge is 2.15. The third-order valence-corrected chi connectivity index (χ3v) is 3.92. The Bertz CT molecular complexity index is 524. The molecule has 1 N–H and O–H groups in total. The number of fused-ring (bicyclic) bond motifs is 1. The molecule has 2 nitrogen and oxygen atoms in total. The number of rotatable bonds is 1. The van der Waals surface area contributed by atoms with Gasteiger partial charge in [-0.15, -0.1) is 23.7 Å². The van der Waals surface area contributed by atoms with Crippen LogP contribution in [0.3, 0.4) is 0 Å². The number of aromatic carboxylic acids is 1. The Morgan fingerprint density at radius 3 is 2.73 bits per heavy atom. The van der Waals surface area contributed by atoms with E-state index in [1.165, 1.54) is 11.3 Å². The van der Waals surface area contributed by atoms with Crippen molar-refractivity contribution in [3.05, 3.63) is 32.6 Å².